The van der Waals surface area contributed by atoms with Crippen LogP contribution in [0.4, 0.5) is 0 Å². The topological polar surface area (TPSA) is 75.8 Å². The van der Waals surface area contributed by atoms with Crippen molar-refractivity contribution in [2.45, 2.75) is 19.9 Å². The van der Waals surface area contributed by atoms with E-state index in [0.717, 1.165) is 29.3 Å². The quantitative estimate of drug-likeness (QED) is 0.915. The summed E-state index contributed by atoms with van der Waals surface area (Å²) in [5.41, 5.74) is 0.116. The molecular weight excluding hydrogens is 328 g/mol. The van der Waals surface area contributed by atoms with Crippen molar-refractivity contribution in [3.8, 4) is 10.8 Å². The smallest absolute Gasteiger partial charge is 0.313 e. The van der Waals surface area contributed by atoms with Gasteiger partial charge in [0.25, 0.3) is 0 Å². The van der Waals surface area contributed by atoms with Crippen LogP contribution >= 0.6 is 11.3 Å². The molecule has 2 saturated heterocycles. The van der Waals surface area contributed by atoms with Crippen LogP contribution in [-0.2, 0) is 16.1 Å². The average molecular weight is 348 g/mol. The number of hydrogen-bond acceptors (Lipinski definition) is 6. The highest BCUT2D eigenvalue weighted by Gasteiger charge is 2.54. The summed E-state index contributed by atoms with van der Waals surface area (Å²) in [4.78, 5) is 19.7. The number of fused-ring (bicyclic) bond motifs is 1. The Labute approximate surface area is 144 Å². The SMILES string of the molecule is Cc1oc(-c2cccs2)nc1CN1C[C@@H]2CCOC[C@]2(C(=O)O)C1. The van der Waals surface area contributed by atoms with Crippen LogP contribution < -0.4 is 0 Å². The van der Waals surface area contributed by atoms with Crippen LogP contribution in [0.15, 0.2) is 21.9 Å². The van der Waals surface area contributed by atoms with Gasteiger partial charge in [0.05, 0.1) is 17.2 Å². The lowest BCUT2D eigenvalue weighted by Gasteiger charge is -2.34. The van der Waals surface area contributed by atoms with Crippen molar-refractivity contribution < 1.29 is 19.1 Å². The number of rotatable bonds is 4. The number of aliphatic carboxylic acids is 1. The minimum absolute atomic E-state index is 0.146. The molecular formula is C17H20N2O4S. The Bertz CT molecular complexity index is 742. The summed E-state index contributed by atoms with van der Waals surface area (Å²) < 4.78 is 11.3. The number of oxazole rings is 1. The van der Waals surface area contributed by atoms with Gasteiger partial charge in [-0.3, -0.25) is 9.69 Å². The van der Waals surface area contributed by atoms with Gasteiger partial charge < -0.3 is 14.3 Å². The highest BCUT2D eigenvalue weighted by Crippen LogP contribution is 2.42. The third-order valence-electron chi connectivity index (χ3n) is 5.16. The number of carboxylic acids is 1. The summed E-state index contributed by atoms with van der Waals surface area (Å²) in [5.74, 6) is 0.845. The molecule has 2 aliphatic rings. The number of nitrogens with zero attached hydrogens (tertiary/aromatic N) is 2. The van der Waals surface area contributed by atoms with Crippen molar-refractivity contribution in [1.29, 1.82) is 0 Å². The molecule has 0 aromatic carbocycles. The van der Waals surface area contributed by atoms with Gasteiger partial charge in [0, 0.05) is 26.2 Å². The van der Waals surface area contributed by atoms with Crippen molar-refractivity contribution in [2.75, 3.05) is 26.3 Å². The molecule has 0 amide bonds. The first-order chi connectivity index (χ1) is 11.6. The number of aryl methyl sites for hydroxylation is 1. The summed E-state index contributed by atoms with van der Waals surface area (Å²) in [5, 5.41) is 11.7. The van der Waals surface area contributed by atoms with E-state index in [1.54, 1.807) is 11.3 Å². The van der Waals surface area contributed by atoms with E-state index in [1.165, 1.54) is 0 Å². The number of likely N-dealkylation sites (tertiary alicyclic amines) is 1. The molecule has 0 aliphatic carbocycles. The standard InChI is InChI=1S/C17H20N2O4S/c1-11-13(18-15(23-11)14-3-2-6-24-14)8-19-7-12-4-5-22-10-17(12,9-19)16(20)21/h2-3,6,12H,4-5,7-10H2,1H3,(H,20,21)/t12-,17+/m0/s1. The average Bonchev–Trinajstić information content (AvgIpc) is 3.26. The molecule has 2 aromatic rings. The predicted molar refractivity (Wildman–Crippen MR) is 88.8 cm³/mol. The third-order valence-corrected chi connectivity index (χ3v) is 6.02. The second-order valence-electron chi connectivity index (χ2n) is 6.67. The van der Waals surface area contributed by atoms with Crippen LogP contribution in [0.3, 0.4) is 0 Å². The minimum Gasteiger partial charge on any atom is -0.481 e. The third kappa shape index (κ3) is 2.56. The fourth-order valence-electron chi connectivity index (χ4n) is 3.81. The number of aromatic nitrogens is 1. The maximum absolute atomic E-state index is 11.8. The lowest BCUT2D eigenvalue weighted by molar-refractivity contribution is -0.159. The second kappa shape index (κ2) is 5.98. The summed E-state index contributed by atoms with van der Waals surface area (Å²) >= 11 is 1.60. The van der Waals surface area contributed by atoms with Crippen molar-refractivity contribution in [3.63, 3.8) is 0 Å². The Kier molecular flexibility index (Phi) is 3.94. The molecule has 0 saturated carbocycles. The van der Waals surface area contributed by atoms with E-state index in [-0.39, 0.29) is 5.92 Å². The van der Waals surface area contributed by atoms with Crippen molar-refractivity contribution in [2.24, 2.45) is 11.3 Å². The molecule has 0 radical (unpaired) electrons. The van der Waals surface area contributed by atoms with Crippen molar-refractivity contribution in [3.05, 3.63) is 29.0 Å². The van der Waals surface area contributed by atoms with Gasteiger partial charge in [-0.25, -0.2) is 4.98 Å². The fraction of sp³-hybridized carbons (Fsp3) is 0.529. The zero-order valence-corrected chi connectivity index (χ0v) is 14.3. The summed E-state index contributed by atoms with van der Waals surface area (Å²) in [6.45, 7) is 4.77. The molecule has 128 valence electrons. The van der Waals surface area contributed by atoms with Crippen LogP contribution in [0, 0.1) is 18.3 Å². The van der Waals surface area contributed by atoms with E-state index in [1.807, 2.05) is 24.4 Å². The largest absolute Gasteiger partial charge is 0.481 e. The van der Waals surface area contributed by atoms with Crippen LogP contribution in [-0.4, -0.2) is 47.3 Å². The fourth-order valence-corrected chi connectivity index (χ4v) is 4.46. The zero-order valence-electron chi connectivity index (χ0n) is 13.5. The second-order valence-corrected chi connectivity index (χ2v) is 7.62. The molecule has 6 nitrogen and oxygen atoms in total. The number of hydrogen-bond donors (Lipinski definition) is 1. The molecule has 7 heteroatoms. The normalized spacial score (nSPS) is 27.3. The first-order valence-corrected chi connectivity index (χ1v) is 9.00. The molecule has 4 heterocycles. The first kappa shape index (κ1) is 15.8. The van der Waals surface area contributed by atoms with Gasteiger partial charge >= 0.3 is 5.97 Å². The van der Waals surface area contributed by atoms with Crippen LogP contribution in [0.2, 0.25) is 0 Å². The molecule has 0 unspecified atom stereocenters. The van der Waals surface area contributed by atoms with E-state index >= 15 is 0 Å². The minimum atomic E-state index is -0.771. The number of thiophene rings is 1. The van der Waals surface area contributed by atoms with E-state index in [2.05, 4.69) is 9.88 Å². The lowest BCUT2D eigenvalue weighted by Crippen LogP contribution is -2.46. The molecule has 0 spiro atoms. The van der Waals surface area contributed by atoms with Gasteiger partial charge in [0.1, 0.15) is 11.2 Å². The number of ether oxygens (including phenoxy) is 1. The van der Waals surface area contributed by atoms with Crippen molar-refractivity contribution >= 4 is 17.3 Å². The summed E-state index contributed by atoms with van der Waals surface area (Å²) in [7, 11) is 0. The number of carboxylic acid groups (broad SMARTS) is 1. The monoisotopic (exact) mass is 348 g/mol. The lowest BCUT2D eigenvalue weighted by atomic mass is 9.76. The molecule has 4 rings (SSSR count). The highest BCUT2D eigenvalue weighted by atomic mass is 32.1. The Morgan fingerprint density at radius 2 is 2.46 bits per heavy atom. The highest BCUT2D eigenvalue weighted by molar-refractivity contribution is 7.13. The van der Waals surface area contributed by atoms with Gasteiger partial charge in [-0.1, -0.05) is 6.07 Å². The van der Waals surface area contributed by atoms with Gasteiger partial charge in [-0.2, -0.15) is 0 Å². The molecule has 24 heavy (non-hydrogen) atoms. The first-order valence-electron chi connectivity index (χ1n) is 8.12. The van der Waals surface area contributed by atoms with E-state index in [4.69, 9.17) is 9.15 Å². The van der Waals surface area contributed by atoms with E-state index in [0.29, 0.717) is 32.2 Å². The van der Waals surface area contributed by atoms with Gasteiger partial charge in [0.2, 0.25) is 5.89 Å². The van der Waals surface area contributed by atoms with E-state index < -0.39 is 11.4 Å². The Hall–Kier alpha value is -1.70. The molecule has 2 fully saturated rings. The summed E-state index contributed by atoms with van der Waals surface area (Å²) in [6, 6.07) is 3.96. The van der Waals surface area contributed by atoms with Gasteiger partial charge in [-0.15, -0.1) is 11.3 Å². The van der Waals surface area contributed by atoms with Crippen LogP contribution in [0.25, 0.3) is 10.8 Å². The van der Waals surface area contributed by atoms with E-state index in [9.17, 15) is 9.90 Å². The van der Waals surface area contributed by atoms with Gasteiger partial charge in [-0.05, 0) is 30.7 Å². The zero-order chi connectivity index (χ0) is 16.7. The maximum atomic E-state index is 11.8. The van der Waals surface area contributed by atoms with Gasteiger partial charge in [0.15, 0.2) is 0 Å². The molecule has 2 aromatic heterocycles. The van der Waals surface area contributed by atoms with Crippen molar-refractivity contribution in [1.82, 2.24) is 9.88 Å². The molecule has 2 atom stereocenters. The molecule has 0 bridgehead atoms. The molecule has 1 N–H and O–H groups in total. The predicted octanol–water partition coefficient (Wildman–Crippen LogP) is 2.63. The Balaban J connectivity index is 1.53. The van der Waals surface area contributed by atoms with Crippen LogP contribution in [0.5, 0.6) is 0 Å². The maximum Gasteiger partial charge on any atom is 0.313 e. The summed E-state index contributed by atoms with van der Waals surface area (Å²) in [6.07, 6.45) is 0.807. The molecule has 2 aliphatic heterocycles. The Morgan fingerprint density at radius 1 is 1.58 bits per heavy atom. The number of carbonyl (C=O) groups is 1. The van der Waals surface area contributed by atoms with Crippen LogP contribution in [0.1, 0.15) is 17.9 Å². The Morgan fingerprint density at radius 3 is 3.17 bits per heavy atom.